The number of nitrogens with zero attached hydrogens (tertiary/aromatic N) is 2. The van der Waals surface area contributed by atoms with E-state index in [0.29, 0.717) is 12.1 Å². The number of aromatic hydroxyl groups is 2. The van der Waals surface area contributed by atoms with E-state index in [0.717, 1.165) is 5.56 Å². The first-order valence-corrected chi connectivity index (χ1v) is 5.74. The average Bonchev–Trinajstić information content (AvgIpc) is 2.42. The fourth-order valence-electron chi connectivity index (χ4n) is 1.71. The quantitative estimate of drug-likeness (QED) is 0.823. The van der Waals surface area contributed by atoms with Gasteiger partial charge in [0.05, 0.1) is 0 Å². The number of amides is 1. The van der Waals surface area contributed by atoms with Crippen LogP contribution in [-0.4, -0.2) is 33.1 Å². The largest absolute Gasteiger partial charge is 0.504 e. The van der Waals surface area contributed by atoms with Gasteiger partial charge >= 0.3 is 0 Å². The maximum atomic E-state index is 12.1. The molecule has 2 rings (SSSR count). The van der Waals surface area contributed by atoms with Gasteiger partial charge in [-0.05, 0) is 29.8 Å². The SMILES string of the molecule is CN(Cc1cccnc1)C(=O)c1ccc(O)c(O)c1. The minimum atomic E-state index is -0.305. The van der Waals surface area contributed by atoms with Crippen LogP contribution in [0.15, 0.2) is 42.7 Å². The molecule has 0 fully saturated rings. The Morgan fingerprint density at radius 1 is 1.26 bits per heavy atom. The molecule has 0 aliphatic heterocycles. The van der Waals surface area contributed by atoms with E-state index in [2.05, 4.69) is 4.98 Å². The third kappa shape index (κ3) is 3.01. The Labute approximate surface area is 110 Å². The molecule has 0 aliphatic rings. The topological polar surface area (TPSA) is 73.7 Å². The molecule has 5 nitrogen and oxygen atoms in total. The van der Waals surface area contributed by atoms with Crippen molar-refractivity contribution in [3.05, 3.63) is 53.9 Å². The third-order valence-corrected chi connectivity index (χ3v) is 2.71. The first kappa shape index (κ1) is 12.9. The van der Waals surface area contributed by atoms with Gasteiger partial charge in [-0.1, -0.05) is 6.07 Å². The highest BCUT2D eigenvalue weighted by Gasteiger charge is 2.13. The van der Waals surface area contributed by atoms with Crippen molar-refractivity contribution in [1.82, 2.24) is 9.88 Å². The standard InChI is InChI=1S/C14H14N2O3/c1-16(9-10-3-2-6-15-8-10)14(19)11-4-5-12(17)13(18)7-11/h2-8,17-18H,9H2,1H3. The molecule has 0 radical (unpaired) electrons. The Morgan fingerprint density at radius 2 is 2.05 bits per heavy atom. The van der Waals surface area contributed by atoms with Gasteiger partial charge in [-0.3, -0.25) is 9.78 Å². The minimum absolute atomic E-state index is 0.237. The van der Waals surface area contributed by atoms with Crippen molar-refractivity contribution in [3.63, 3.8) is 0 Å². The fraction of sp³-hybridized carbons (Fsp3) is 0.143. The Hall–Kier alpha value is -2.56. The second kappa shape index (κ2) is 5.39. The Morgan fingerprint density at radius 3 is 2.68 bits per heavy atom. The molecular formula is C14H14N2O3. The van der Waals surface area contributed by atoms with Gasteiger partial charge in [0.1, 0.15) is 0 Å². The smallest absolute Gasteiger partial charge is 0.254 e. The van der Waals surface area contributed by atoms with Crippen molar-refractivity contribution in [2.75, 3.05) is 7.05 Å². The molecule has 1 heterocycles. The Balaban J connectivity index is 2.12. The molecule has 1 amide bonds. The zero-order valence-electron chi connectivity index (χ0n) is 10.4. The Kier molecular flexibility index (Phi) is 3.66. The number of rotatable bonds is 3. The number of carbonyl (C=O) groups is 1. The van der Waals surface area contributed by atoms with E-state index >= 15 is 0 Å². The summed E-state index contributed by atoms with van der Waals surface area (Å²) in [5, 5.41) is 18.6. The molecule has 0 aliphatic carbocycles. The maximum absolute atomic E-state index is 12.1. The summed E-state index contributed by atoms with van der Waals surface area (Å²) in [7, 11) is 1.67. The van der Waals surface area contributed by atoms with Gasteiger partial charge in [-0.25, -0.2) is 0 Å². The molecule has 0 unspecified atom stereocenters. The van der Waals surface area contributed by atoms with Gasteiger partial charge in [0, 0.05) is 31.5 Å². The summed E-state index contributed by atoms with van der Waals surface area (Å²) in [4.78, 5) is 17.6. The van der Waals surface area contributed by atoms with E-state index in [9.17, 15) is 15.0 Å². The lowest BCUT2D eigenvalue weighted by Gasteiger charge is -2.17. The van der Waals surface area contributed by atoms with Crippen molar-refractivity contribution in [3.8, 4) is 11.5 Å². The predicted octanol–water partition coefficient (Wildman–Crippen LogP) is 1.77. The van der Waals surface area contributed by atoms with Gasteiger partial charge in [-0.15, -0.1) is 0 Å². The van der Waals surface area contributed by atoms with Gasteiger partial charge in [-0.2, -0.15) is 0 Å². The zero-order valence-corrected chi connectivity index (χ0v) is 10.4. The molecule has 0 saturated carbocycles. The van der Waals surface area contributed by atoms with Crippen LogP contribution in [0.3, 0.4) is 0 Å². The number of aromatic nitrogens is 1. The number of phenols is 2. The van der Waals surface area contributed by atoms with E-state index in [1.54, 1.807) is 25.5 Å². The summed E-state index contributed by atoms with van der Waals surface area (Å²) in [6, 6.07) is 7.69. The molecule has 0 saturated heterocycles. The fourth-order valence-corrected chi connectivity index (χ4v) is 1.71. The predicted molar refractivity (Wildman–Crippen MR) is 69.8 cm³/mol. The summed E-state index contributed by atoms with van der Waals surface area (Å²) in [5.41, 5.74) is 1.24. The average molecular weight is 258 g/mol. The lowest BCUT2D eigenvalue weighted by molar-refractivity contribution is 0.0784. The lowest BCUT2D eigenvalue weighted by atomic mass is 10.1. The molecule has 0 bridgehead atoms. The molecule has 2 N–H and O–H groups in total. The normalized spacial score (nSPS) is 10.2. The van der Waals surface area contributed by atoms with Crippen LogP contribution in [0.25, 0.3) is 0 Å². The van der Waals surface area contributed by atoms with Gasteiger partial charge < -0.3 is 15.1 Å². The first-order chi connectivity index (χ1) is 9.08. The third-order valence-electron chi connectivity index (χ3n) is 2.71. The van der Waals surface area contributed by atoms with Crippen LogP contribution >= 0.6 is 0 Å². The van der Waals surface area contributed by atoms with Crippen LogP contribution in [0.4, 0.5) is 0 Å². The number of carbonyl (C=O) groups excluding carboxylic acids is 1. The van der Waals surface area contributed by atoms with Crippen LogP contribution < -0.4 is 0 Å². The number of phenolic OH excluding ortho intramolecular Hbond substituents is 2. The second-order valence-corrected chi connectivity index (χ2v) is 4.23. The van der Waals surface area contributed by atoms with Crippen molar-refractivity contribution >= 4 is 5.91 Å². The zero-order chi connectivity index (χ0) is 13.8. The van der Waals surface area contributed by atoms with E-state index < -0.39 is 0 Å². The highest BCUT2D eigenvalue weighted by atomic mass is 16.3. The molecule has 0 spiro atoms. The highest BCUT2D eigenvalue weighted by molar-refractivity contribution is 5.94. The number of hydrogen-bond donors (Lipinski definition) is 2. The number of hydrogen-bond acceptors (Lipinski definition) is 4. The van der Waals surface area contributed by atoms with Gasteiger partial charge in [0.2, 0.25) is 0 Å². The van der Waals surface area contributed by atoms with E-state index in [-0.39, 0.29) is 17.4 Å². The van der Waals surface area contributed by atoms with Crippen LogP contribution in [0.1, 0.15) is 15.9 Å². The van der Waals surface area contributed by atoms with Crippen molar-refractivity contribution in [1.29, 1.82) is 0 Å². The number of pyridine rings is 1. The van der Waals surface area contributed by atoms with E-state index in [1.165, 1.54) is 23.1 Å². The van der Waals surface area contributed by atoms with Crippen LogP contribution in [0.5, 0.6) is 11.5 Å². The molecule has 19 heavy (non-hydrogen) atoms. The molecule has 1 aromatic carbocycles. The minimum Gasteiger partial charge on any atom is -0.504 e. The molecule has 1 aromatic heterocycles. The van der Waals surface area contributed by atoms with Gasteiger partial charge in [0.15, 0.2) is 11.5 Å². The summed E-state index contributed by atoms with van der Waals surface area (Å²) in [5.74, 6) is -0.786. The van der Waals surface area contributed by atoms with E-state index in [1.807, 2.05) is 6.07 Å². The second-order valence-electron chi connectivity index (χ2n) is 4.23. The summed E-state index contributed by atoms with van der Waals surface area (Å²) in [6.45, 7) is 0.425. The van der Waals surface area contributed by atoms with Gasteiger partial charge in [0.25, 0.3) is 5.91 Å². The van der Waals surface area contributed by atoms with Crippen molar-refractivity contribution in [2.24, 2.45) is 0 Å². The lowest BCUT2D eigenvalue weighted by Crippen LogP contribution is -2.26. The van der Waals surface area contributed by atoms with Crippen molar-refractivity contribution < 1.29 is 15.0 Å². The molecular weight excluding hydrogens is 244 g/mol. The Bertz CT molecular complexity index is 584. The molecule has 98 valence electrons. The number of benzene rings is 1. The summed E-state index contributed by atoms with van der Waals surface area (Å²) in [6.07, 6.45) is 3.36. The molecule has 2 aromatic rings. The van der Waals surface area contributed by atoms with Crippen molar-refractivity contribution in [2.45, 2.75) is 6.54 Å². The highest BCUT2D eigenvalue weighted by Crippen LogP contribution is 2.25. The molecule has 0 atom stereocenters. The summed E-state index contributed by atoms with van der Waals surface area (Å²) >= 11 is 0. The monoisotopic (exact) mass is 258 g/mol. The van der Waals surface area contributed by atoms with Crippen LogP contribution in [0.2, 0.25) is 0 Å². The maximum Gasteiger partial charge on any atom is 0.254 e. The van der Waals surface area contributed by atoms with Crippen LogP contribution in [-0.2, 0) is 6.54 Å². The van der Waals surface area contributed by atoms with E-state index in [4.69, 9.17) is 0 Å². The first-order valence-electron chi connectivity index (χ1n) is 5.74. The van der Waals surface area contributed by atoms with Crippen LogP contribution in [0, 0.1) is 0 Å². The molecule has 5 heteroatoms. The summed E-state index contributed by atoms with van der Waals surface area (Å²) < 4.78 is 0.